The number of nitrogens with one attached hydrogen (secondary N) is 3. The van der Waals surface area contributed by atoms with Crippen LogP contribution in [-0.4, -0.2) is 37.7 Å². The first-order valence-corrected chi connectivity index (χ1v) is 5.67. The van der Waals surface area contributed by atoms with Crippen LogP contribution in [0, 0.1) is 6.92 Å². The number of benzene rings is 1. The third kappa shape index (κ3) is 3.28. The Hall–Kier alpha value is -2.97. The lowest BCUT2D eigenvalue weighted by Gasteiger charge is -2.09. The van der Waals surface area contributed by atoms with E-state index in [0.717, 1.165) is 0 Å². The fraction of sp³-hybridized carbons (Fsp3) is 0.182. The zero-order chi connectivity index (χ0) is 14.5. The predicted molar refractivity (Wildman–Crippen MR) is 68.2 cm³/mol. The third-order valence-electron chi connectivity index (χ3n) is 2.52. The number of H-pyrrole nitrogens is 1. The Morgan fingerprint density at radius 3 is 2.80 bits per heavy atom. The molecule has 1 heterocycles. The number of aromatic nitrogens is 4. The van der Waals surface area contributed by atoms with E-state index in [9.17, 15) is 9.59 Å². The number of aromatic carboxylic acids is 1. The molecule has 0 saturated carbocycles. The highest BCUT2D eigenvalue weighted by Gasteiger charge is 2.08. The number of urea groups is 1. The van der Waals surface area contributed by atoms with Gasteiger partial charge in [-0.3, -0.25) is 0 Å². The Morgan fingerprint density at radius 2 is 2.20 bits per heavy atom. The monoisotopic (exact) mass is 276 g/mol. The first kappa shape index (κ1) is 13.5. The first-order valence-electron chi connectivity index (χ1n) is 5.67. The lowest BCUT2D eigenvalue weighted by atomic mass is 10.1. The molecular formula is C11H12N6O3. The number of anilines is 1. The molecule has 0 aliphatic carbocycles. The molecule has 0 spiro atoms. The summed E-state index contributed by atoms with van der Waals surface area (Å²) < 4.78 is 0. The summed E-state index contributed by atoms with van der Waals surface area (Å²) in [4.78, 5) is 22.5. The summed E-state index contributed by atoms with van der Waals surface area (Å²) in [6.45, 7) is 1.84. The SMILES string of the molecule is Cc1cc(C(=O)O)ccc1NC(=O)NCc1nn[nH]n1. The van der Waals surface area contributed by atoms with E-state index in [0.29, 0.717) is 17.1 Å². The highest BCUT2D eigenvalue weighted by atomic mass is 16.4. The van der Waals surface area contributed by atoms with E-state index >= 15 is 0 Å². The zero-order valence-corrected chi connectivity index (χ0v) is 10.5. The van der Waals surface area contributed by atoms with Crippen molar-refractivity contribution in [1.29, 1.82) is 0 Å². The minimum absolute atomic E-state index is 0.134. The smallest absolute Gasteiger partial charge is 0.335 e. The highest BCUT2D eigenvalue weighted by molar-refractivity contribution is 5.92. The van der Waals surface area contributed by atoms with Crippen LogP contribution in [0.4, 0.5) is 10.5 Å². The van der Waals surface area contributed by atoms with Gasteiger partial charge in [0.25, 0.3) is 0 Å². The molecule has 9 heteroatoms. The van der Waals surface area contributed by atoms with Crippen LogP contribution in [-0.2, 0) is 6.54 Å². The third-order valence-corrected chi connectivity index (χ3v) is 2.52. The predicted octanol–water partition coefficient (Wildman–Crippen LogP) is 0.528. The molecule has 0 aliphatic heterocycles. The fourth-order valence-corrected chi connectivity index (χ4v) is 1.52. The molecule has 0 bridgehead atoms. The molecule has 2 amide bonds. The topological polar surface area (TPSA) is 133 Å². The van der Waals surface area contributed by atoms with Gasteiger partial charge in [0.05, 0.1) is 12.1 Å². The molecule has 2 aromatic rings. The Labute approximate surface area is 113 Å². The molecule has 20 heavy (non-hydrogen) atoms. The molecule has 0 atom stereocenters. The first-order chi connectivity index (χ1) is 9.56. The summed E-state index contributed by atoms with van der Waals surface area (Å²) in [6.07, 6.45) is 0. The van der Waals surface area contributed by atoms with Crippen molar-refractivity contribution in [2.24, 2.45) is 0 Å². The molecule has 0 saturated heterocycles. The average Bonchev–Trinajstić information content (AvgIpc) is 2.91. The van der Waals surface area contributed by atoms with Crippen LogP contribution in [0.15, 0.2) is 18.2 Å². The van der Waals surface area contributed by atoms with Crippen LogP contribution in [0.3, 0.4) is 0 Å². The molecule has 2 rings (SSSR count). The number of aromatic amines is 1. The summed E-state index contributed by atoms with van der Waals surface area (Å²) in [7, 11) is 0. The van der Waals surface area contributed by atoms with Gasteiger partial charge in [-0.15, -0.1) is 10.2 Å². The zero-order valence-electron chi connectivity index (χ0n) is 10.5. The van der Waals surface area contributed by atoms with Crippen LogP contribution >= 0.6 is 0 Å². The second kappa shape index (κ2) is 5.78. The Morgan fingerprint density at radius 1 is 1.40 bits per heavy atom. The number of rotatable bonds is 4. The summed E-state index contributed by atoms with van der Waals surface area (Å²) in [5, 5.41) is 27.0. The Kier molecular flexibility index (Phi) is 3.89. The summed E-state index contributed by atoms with van der Waals surface area (Å²) in [5.41, 5.74) is 1.35. The Balaban J connectivity index is 1.95. The highest BCUT2D eigenvalue weighted by Crippen LogP contribution is 2.16. The largest absolute Gasteiger partial charge is 0.478 e. The van der Waals surface area contributed by atoms with Crippen molar-refractivity contribution in [2.45, 2.75) is 13.5 Å². The van der Waals surface area contributed by atoms with Gasteiger partial charge in [0.1, 0.15) is 0 Å². The number of carbonyl (C=O) groups excluding carboxylic acids is 1. The summed E-state index contributed by atoms with van der Waals surface area (Å²) >= 11 is 0. The number of carboxylic acids is 1. The van der Waals surface area contributed by atoms with E-state index in [2.05, 4.69) is 31.3 Å². The fourth-order valence-electron chi connectivity index (χ4n) is 1.52. The molecule has 4 N–H and O–H groups in total. The maximum Gasteiger partial charge on any atom is 0.335 e. The van der Waals surface area contributed by atoms with Crippen molar-refractivity contribution in [2.75, 3.05) is 5.32 Å². The van der Waals surface area contributed by atoms with Crippen molar-refractivity contribution >= 4 is 17.7 Å². The second-order valence-corrected chi connectivity index (χ2v) is 3.97. The van der Waals surface area contributed by atoms with Crippen LogP contribution in [0.2, 0.25) is 0 Å². The van der Waals surface area contributed by atoms with Crippen molar-refractivity contribution in [3.05, 3.63) is 35.2 Å². The van der Waals surface area contributed by atoms with E-state index in [1.807, 2.05) is 0 Å². The molecule has 104 valence electrons. The molecule has 0 radical (unpaired) electrons. The molecule has 9 nitrogen and oxygen atoms in total. The minimum Gasteiger partial charge on any atom is -0.478 e. The molecule has 1 aromatic carbocycles. The maximum atomic E-state index is 11.7. The van der Waals surface area contributed by atoms with E-state index in [-0.39, 0.29) is 12.1 Å². The summed E-state index contributed by atoms with van der Waals surface area (Å²) in [5.74, 6) is -0.653. The second-order valence-electron chi connectivity index (χ2n) is 3.97. The number of carboxylic acid groups (broad SMARTS) is 1. The number of hydrogen-bond donors (Lipinski definition) is 4. The number of amides is 2. The van der Waals surface area contributed by atoms with Crippen LogP contribution < -0.4 is 10.6 Å². The molecule has 0 unspecified atom stereocenters. The number of nitrogens with zero attached hydrogens (tertiary/aromatic N) is 3. The van der Waals surface area contributed by atoms with E-state index in [1.54, 1.807) is 6.92 Å². The van der Waals surface area contributed by atoms with E-state index in [1.165, 1.54) is 18.2 Å². The average molecular weight is 276 g/mol. The molecule has 0 aliphatic rings. The van der Waals surface area contributed by atoms with Crippen molar-refractivity contribution in [1.82, 2.24) is 25.9 Å². The van der Waals surface area contributed by atoms with Crippen molar-refractivity contribution < 1.29 is 14.7 Å². The number of carbonyl (C=O) groups is 2. The Bertz CT molecular complexity index is 625. The van der Waals surface area contributed by atoms with Gasteiger partial charge in [-0.1, -0.05) is 5.21 Å². The maximum absolute atomic E-state index is 11.7. The molecule has 1 aromatic heterocycles. The van der Waals surface area contributed by atoms with Gasteiger partial charge in [-0.05, 0) is 30.7 Å². The molecule has 0 fully saturated rings. The van der Waals surface area contributed by atoms with Gasteiger partial charge in [-0.25, -0.2) is 9.59 Å². The van der Waals surface area contributed by atoms with Crippen LogP contribution in [0.5, 0.6) is 0 Å². The van der Waals surface area contributed by atoms with Gasteiger partial charge in [0, 0.05) is 5.69 Å². The molecular weight excluding hydrogens is 264 g/mol. The van der Waals surface area contributed by atoms with Crippen LogP contribution in [0.1, 0.15) is 21.7 Å². The van der Waals surface area contributed by atoms with E-state index in [4.69, 9.17) is 5.11 Å². The van der Waals surface area contributed by atoms with Gasteiger partial charge < -0.3 is 15.7 Å². The number of aryl methyl sites for hydroxylation is 1. The van der Waals surface area contributed by atoms with E-state index < -0.39 is 12.0 Å². The normalized spacial score (nSPS) is 10.1. The quantitative estimate of drug-likeness (QED) is 0.643. The van der Waals surface area contributed by atoms with Gasteiger partial charge in [0.2, 0.25) is 0 Å². The van der Waals surface area contributed by atoms with Gasteiger partial charge >= 0.3 is 12.0 Å². The number of tetrazole rings is 1. The standard InChI is InChI=1S/C11H12N6O3/c1-6-4-7(10(18)19)2-3-8(6)13-11(20)12-5-9-14-16-17-15-9/h2-4H,5H2,1H3,(H,18,19)(H2,12,13,20)(H,14,15,16,17). The van der Waals surface area contributed by atoms with Crippen molar-refractivity contribution in [3.63, 3.8) is 0 Å². The van der Waals surface area contributed by atoms with Gasteiger partial charge in [-0.2, -0.15) is 5.21 Å². The minimum atomic E-state index is -1.01. The lowest BCUT2D eigenvalue weighted by molar-refractivity contribution is 0.0697. The van der Waals surface area contributed by atoms with Crippen LogP contribution in [0.25, 0.3) is 0 Å². The lowest BCUT2D eigenvalue weighted by Crippen LogP contribution is -2.29. The van der Waals surface area contributed by atoms with Crippen molar-refractivity contribution in [3.8, 4) is 0 Å². The summed E-state index contributed by atoms with van der Waals surface area (Å²) in [6, 6.07) is 3.99. The van der Waals surface area contributed by atoms with Gasteiger partial charge in [0.15, 0.2) is 5.82 Å². The number of hydrogen-bond acceptors (Lipinski definition) is 5.